The lowest BCUT2D eigenvalue weighted by atomic mass is 9.97. The number of nitrogens with one attached hydrogen (secondary N) is 1. The molecule has 5 rings (SSSR count). The maximum atomic E-state index is 14.2. The van der Waals surface area contributed by atoms with E-state index in [0.29, 0.717) is 19.1 Å². The minimum Gasteiger partial charge on any atom is -0.374 e. The van der Waals surface area contributed by atoms with E-state index in [1.54, 1.807) is 22.9 Å². The van der Waals surface area contributed by atoms with E-state index in [1.807, 2.05) is 12.3 Å². The number of ether oxygens (including phenoxy) is 1. The number of anilines is 1. The Morgan fingerprint density at radius 1 is 1.26 bits per heavy atom. The first kappa shape index (κ1) is 16.9. The van der Waals surface area contributed by atoms with Gasteiger partial charge in [0.05, 0.1) is 12.3 Å². The second-order valence-corrected chi connectivity index (χ2v) is 7.54. The van der Waals surface area contributed by atoms with Crippen LogP contribution in [0.25, 0.3) is 11.2 Å². The highest BCUT2D eigenvalue weighted by Crippen LogP contribution is 2.31. The van der Waals surface area contributed by atoms with E-state index >= 15 is 0 Å². The number of rotatable bonds is 0. The van der Waals surface area contributed by atoms with E-state index in [1.165, 1.54) is 12.8 Å². The van der Waals surface area contributed by atoms with Gasteiger partial charge in [-0.2, -0.15) is 5.10 Å². The van der Waals surface area contributed by atoms with E-state index in [-0.39, 0.29) is 11.9 Å². The molecule has 142 valence electrons. The van der Waals surface area contributed by atoms with Crippen molar-refractivity contribution in [1.82, 2.24) is 19.5 Å². The maximum Gasteiger partial charge on any atom is 0.164 e. The van der Waals surface area contributed by atoms with Gasteiger partial charge in [-0.25, -0.2) is 13.9 Å². The first-order valence-electron chi connectivity index (χ1n) is 9.78. The lowest BCUT2D eigenvalue weighted by molar-refractivity contribution is 0.0770. The van der Waals surface area contributed by atoms with Crippen LogP contribution < -0.4 is 5.32 Å². The van der Waals surface area contributed by atoms with E-state index in [4.69, 9.17) is 9.72 Å². The summed E-state index contributed by atoms with van der Waals surface area (Å²) in [5, 5.41) is 7.88. The summed E-state index contributed by atoms with van der Waals surface area (Å²) in [7, 11) is 0. The molecule has 2 aromatic heterocycles. The fourth-order valence-electron chi connectivity index (χ4n) is 4.36. The molecule has 1 saturated heterocycles. The van der Waals surface area contributed by atoms with Gasteiger partial charge in [-0.3, -0.25) is 4.90 Å². The number of aromatic nitrogens is 3. The lowest BCUT2D eigenvalue weighted by Gasteiger charge is -2.25. The zero-order valence-electron chi connectivity index (χ0n) is 15.3. The van der Waals surface area contributed by atoms with Gasteiger partial charge in [0.2, 0.25) is 0 Å². The predicted molar refractivity (Wildman–Crippen MR) is 102 cm³/mol. The third-order valence-electron chi connectivity index (χ3n) is 5.73. The van der Waals surface area contributed by atoms with Gasteiger partial charge in [0, 0.05) is 43.9 Å². The number of allylic oxidation sites excluding steroid dienone is 2. The predicted octanol–water partition coefficient (Wildman–Crippen LogP) is 3.04. The van der Waals surface area contributed by atoms with E-state index in [2.05, 4.69) is 15.3 Å². The van der Waals surface area contributed by atoms with E-state index in [9.17, 15) is 4.39 Å². The Morgan fingerprint density at radius 2 is 2.19 bits per heavy atom. The number of hydrogen-bond acceptors (Lipinski definition) is 5. The molecule has 1 aliphatic carbocycles. The Hall–Kier alpha value is -2.25. The topological polar surface area (TPSA) is 54.7 Å². The third-order valence-corrected chi connectivity index (χ3v) is 5.73. The van der Waals surface area contributed by atoms with Crippen LogP contribution in [0.5, 0.6) is 0 Å². The minimum absolute atomic E-state index is 0.235. The summed E-state index contributed by atoms with van der Waals surface area (Å²) in [5.41, 5.74) is 2.50. The summed E-state index contributed by atoms with van der Waals surface area (Å²) in [6, 6.07) is 2.47. The highest BCUT2D eigenvalue weighted by molar-refractivity contribution is 5.78. The van der Waals surface area contributed by atoms with Gasteiger partial charge in [0.25, 0.3) is 0 Å². The van der Waals surface area contributed by atoms with Crippen molar-refractivity contribution < 1.29 is 9.13 Å². The molecule has 1 N–H and O–H groups in total. The lowest BCUT2D eigenvalue weighted by Crippen LogP contribution is -2.36. The number of hydrogen-bond donors (Lipinski definition) is 1. The zero-order chi connectivity index (χ0) is 18.2. The molecule has 1 unspecified atom stereocenters. The molecule has 0 radical (unpaired) electrons. The second kappa shape index (κ2) is 7.05. The summed E-state index contributed by atoms with van der Waals surface area (Å²) >= 11 is 0. The molecule has 0 amide bonds. The van der Waals surface area contributed by atoms with Crippen LogP contribution in [0.1, 0.15) is 31.2 Å². The summed E-state index contributed by atoms with van der Waals surface area (Å²) < 4.78 is 22.0. The smallest absolute Gasteiger partial charge is 0.164 e. The second-order valence-electron chi connectivity index (χ2n) is 7.54. The van der Waals surface area contributed by atoms with Gasteiger partial charge in [0.1, 0.15) is 11.6 Å². The van der Waals surface area contributed by atoms with E-state index in [0.717, 1.165) is 48.7 Å². The Labute approximate surface area is 157 Å². The Morgan fingerprint density at radius 3 is 3.15 bits per heavy atom. The Balaban J connectivity index is 1.51. The zero-order valence-corrected chi connectivity index (χ0v) is 15.3. The van der Waals surface area contributed by atoms with Crippen molar-refractivity contribution in [3.8, 4) is 0 Å². The molecule has 3 aliphatic rings. The monoisotopic (exact) mass is 369 g/mol. The molecule has 0 saturated carbocycles. The SMILES string of the molecule is FC1=CC2CC(=C1)c1cnn3ccc(nc13)NC[C@@H]1CCCN1CCCO2. The van der Waals surface area contributed by atoms with Gasteiger partial charge in [-0.05, 0) is 49.6 Å². The quantitative estimate of drug-likeness (QED) is 0.774. The molecule has 1 fully saturated rings. The fraction of sp³-hybridized carbons (Fsp3) is 0.500. The summed E-state index contributed by atoms with van der Waals surface area (Å²) in [4.78, 5) is 7.29. The molecule has 7 heteroatoms. The van der Waals surface area contributed by atoms with Gasteiger partial charge < -0.3 is 10.1 Å². The number of halogens is 1. The van der Waals surface area contributed by atoms with Crippen molar-refractivity contribution in [1.29, 1.82) is 0 Å². The van der Waals surface area contributed by atoms with Crippen molar-refractivity contribution >= 4 is 17.0 Å². The molecule has 2 atom stereocenters. The molecule has 0 spiro atoms. The first-order chi connectivity index (χ1) is 13.3. The van der Waals surface area contributed by atoms with Gasteiger partial charge in [0.15, 0.2) is 5.65 Å². The summed E-state index contributed by atoms with van der Waals surface area (Å²) in [6.07, 6.45) is 10.6. The summed E-state index contributed by atoms with van der Waals surface area (Å²) in [6.45, 7) is 3.69. The standard InChI is InChI=1S/C20H24FN5O/c21-15-9-14-10-17(11-15)27-8-2-6-25-5-1-3-16(25)12-22-19-4-7-26-20(24-19)18(14)13-23-26/h4,7,9,11,13,16-17H,1-3,5-6,8,10,12H2,(H,22,24)/t16-,17?/m0/s1. The Kier molecular flexibility index (Phi) is 4.41. The van der Waals surface area contributed by atoms with Crippen molar-refractivity contribution in [3.05, 3.63) is 42.0 Å². The van der Waals surface area contributed by atoms with Crippen LogP contribution in [0, 0.1) is 0 Å². The van der Waals surface area contributed by atoms with Gasteiger partial charge >= 0.3 is 0 Å². The van der Waals surface area contributed by atoms with Crippen LogP contribution in [0.3, 0.4) is 0 Å². The average molecular weight is 369 g/mol. The normalized spacial score (nSPS) is 26.7. The molecule has 4 bridgehead atoms. The molecular formula is C20H24FN5O. The van der Waals surface area contributed by atoms with Gasteiger partial charge in [-0.15, -0.1) is 0 Å². The minimum atomic E-state index is -0.251. The van der Waals surface area contributed by atoms with Gasteiger partial charge in [-0.1, -0.05) is 0 Å². The third kappa shape index (κ3) is 3.37. The molecule has 2 aliphatic heterocycles. The maximum absolute atomic E-state index is 14.2. The summed E-state index contributed by atoms with van der Waals surface area (Å²) in [5.74, 6) is 0.588. The number of fused-ring (bicyclic) bond motifs is 5. The molecule has 6 nitrogen and oxygen atoms in total. The molecule has 0 aromatic carbocycles. The largest absolute Gasteiger partial charge is 0.374 e. The number of nitrogens with zero attached hydrogens (tertiary/aromatic N) is 4. The van der Waals surface area contributed by atoms with Crippen LogP contribution in [0.2, 0.25) is 0 Å². The van der Waals surface area contributed by atoms with Crippen molar-refractivity contribution in [2.24, 2.45) is 0 Å². The Bertz CT molecular complexity index is 905. The molecule has 27 heavy (non-hydrogen) atoms. The van der Waals surface area contributed by atoms with Crippen LogP contribution in [-0.4, -0.2) is 57.9 Å². The molecule has 2 aromatic rings. The average Bonchev–Trinajstić information content (AvgIpc) is 3.28. The first-order valence-corrected chi connectivity index (χ1v) is 9.78. The van der Waals surface area contributed by atoms with Crippen molar-refractivity contribution in [2.75, 3.05) is 31.6 Å². The van der Waals surface area contributed by atoms with E-state index < -0.39 is 0 Å². The van der Waals surface area contributed by atoms with Crippen molar-refractivity contribution in [2.45, 2.75) is 37.8 Å². The molecule has 4 heterocycles. The highest BCUT2D eigenvalue weighted by atomic mass is 19.1. The van der Waals surface area contributed by atoms with Crippen LogP contribution in [0.15, 0.2) is 36.4 Å². The van der Waals surface area contributed by atoms with Crippen LogP contribution in [-0.2, 0) is 4.74 Å². The fourth-order valence-corrected chi connectivity index (χ4v) is 4.36. The molecular weight excluding hydrogens is 345 g/mol. The van der Waals surface area contributed by atoms with Crippen LogP contribution >= 0.6 is 0 Å². The highest BCUT2D eigenvalue weighted by Gasteiger charge is 2.25. The van der Waals surface area contributed by atoms with Crippen molar-refractivity contribution in [3.63, 3.8) is 0 Å². The van der Waals surface area contributed by atoms with Crippen LogP contribution in [0.4, 0.5) is 10.2 Å².